The van der Waals surface area contributed by atoms with Gasteiger partial charge in [-0.05, 0) is 91.7 Å². The van der Waals surface area contributed by atoms with Crippen LogP contribution in [0.25, 0.3) is 11.3 Å². The minimum Gasteiger partial charge on any atom is -0.374 e. The standard InChI is InChI=1S/C37H36N8O3/c1-24-5-12-30(20-33(24)43-37-39-19-17-31(42-37)28-4-3-18-38-21-28)41-35(47)27-10-6-25(7-11-27)22-45(2)23-26-8-13-29(14-9-26)40-32-15-16-34(46)44-36(32)48/h3-14,17-21,32,40H,15-16,22-23H2,1-2H3,(H,41,47)(H,39,42,43)(H,44,46,48). The minimum atomic E-state index is -0.408. The smallest absolute Gasteiger partial charge is 0.255 e. The van der Waals surface area contributed by atoms with Gasteiger partial charge in [-0.3, -0.25) is 29.6 Å². The van der Waals surface area contributed by atoms with Crippen LogP contribution in [0.15, 0.2) is 104 Å². The monoisotopic (exact) mass is 640 g/mol. The van der Waals surface area contributed by atoms with Crippen molar-refractivity contribution in [2.45, 2.75) is 38.9 Å². The molecule has 0 aliphatic carbocycles. The van der Waals surface area contributed by atoms with Crippen LogP contribution in [0.3, 0.4) is 0 Å². The number of nitrogens with one attached hydrogen (secondary N) is 4. The Labute approximate surface area is 278 Å². The first-order valence-corrected chi connectivity index (χ1v) is 15.7. The van der Waals surface area contributed by atoms with Crippen molar-refractivity contribution in [2.24, 2.45) is 0 Å². The quantitative estimate of drug-likeness (QED) is 0.134. The van der Waals surface area contributed by atoms with Gasteiger partial charge in [-0.15, -0.1) is 0 Å². The van der Waals surface area contributed by atoms with Crippen molar-refractivity contribution in [3.63, 3.8) is 0 Å². The van der Waals surface area contributed by atoms with Gasteiger partial charge < -0.3 is 16.0 Å². The summed E-state index contributed by atoms with van der Waals surface area (Å²) in [5, 5.41) is 11.8. The van der Waals surface area contributed by atoms with Gasteiger partial charge >= 0.3 is 0 Å². The van der Waals surface area contributed by atoms with E-state index in [1.165, 1.54) is 0 Å². The highest BCUT2D eigenvalue weighted by atomic mass is 16.2. The molecule has 0 radical (unpaired) electrons. The molecule has 0 saturated carbocycles. The molecule has 3 aromatic carbocycles. The number of amides is 3. The van der Waals surface area contributed by atoms with Gasteiger partial charge in [0.2, 0.25) is 17.8 Å². The molecule has 2 aromatic heterocycles. The number of aryl methyl sites for hydroxylation is 1. The summed E-state index contributed by atoms with van der Waals surface area (Å²) in [7, 11) is 2.04. The summed E-state index contributed by atoms with van der Waals surface area (Å²) in [6, 6.07) is 26.4. The Morgan fingerprint density at radius 1 is 0.917 bits per heavy atom. The lowest BCUT2D eigenvalue weighted by Gasteiger charge is -2.23. The number of pyridine rings is 1. The average Bonchev–Trinajstić information content (AvgIpc) is 3.09. The van der Waals surface area contributed by atoms with Crippen LogP contribution in [0.2, 0.25) is 0 Å². The molecule has 1 aliphatic heterocycles. The van der Waals surface area contributed by atoms with Crippen molar-refractivity contribution < 1.29 is 14.4 Å². The van der Waals surface area contributed by atoms with Crippen molar-refractivity contribution in [2.75, 3.05) is 23.0 Å². The second kappa shape index (κ2) is 14.7. The maximum Gasteiger partial charge on any atom is 0.255 e. The zero-order valence-corrected chi connectivity index (χ0v) is 26.7. The summed E-state index contributed by atoms with van der Waals surface area (Å²) in [6.07, 6.45) is 6.00. The highest BCUT2D eigenvalue weighted by Gasteiger charge is 2.26. The largest absolute Gasteiger partial charge is 0.374 e. The minimum absolute atomic E-state index is 0.203. The number of carbonyl (C=O) groups is 3. The Balaban J connectivity index is 1.01. The Morgan fingerprint density at radius 2 is 1.65 bits per heavy atom. The second-order valence-electron chi connectivity index (χ2n) is 11.8. The number of carbonyl (C=O) groups excluding carboxylic acids is 3. The van der Waals surface area contributed by atoms with Crippen LogP contribution < -0.4 is 21.3 Å². The SMILES string of the molecule is Cc1ccc(NC(=O)c2ccc(CN(C)Cc3ccc(NC4CCC(=O)NC4=O)cc3)cc2)cc1Nc1nccc(-c2cccnc2)n1. The molecule has 242 valence electrons. The molecule has 5 aromatic rings. The first kappa shape index (κ1) is 32.0. The maximum absolute atomic E-state index is 13.1. The van der Waals surface area contributed by atoms with E-state index in [0.29, 0.717) is 36.6 Å². The van der Waals surface area contributed by atoms with E-state index in [9.17, 15) is 14.4 Å². The molecule has 11 nitrogen and oxygen atoms in total. The van der Waals surface area contributed by atoms with Crippen molar-refractivity contribution in [1.29, 1.82) is 0 Å². The molecule has 1 atom stereocenters. The molecular formula is C37H36N8O3. The lowest BCUT2D eigenvalue weighted by Crippen LogP contribution is -2.47. The lowest BCUT2D eigenvalue weighted by atomic mass is 10.1. The van der Waals surface area contributed by atoms with Crippen molar-refractivity contribution in [3.05, 3.63) is 126 Å². The number of hydrogen-bond acceptors (Lipinski definition) is 9. The van der Waals surface area contributed by atoms with E-state index in [1.54, 1.807) is 18.6 Å². The summed E-state index contributed by atoms with van der Waals surface area (Å²) in [5.74, 6) is -0.269. The molecular weight excluding hydrogens is 604 g/mol. The first-order chi connectivity index (χ1) is 23.3. The number of benzene rings is 3. The van der Waals surface area contributed by atoms with E-state index >= 15 is 0 Å². The van der Waals surface area contributed by atoms with E-state index in [4.69, 9.17) is 0 Å². The number of anilines is 4. The Morgan fingerprint density at radius 3 is 2.35 bits per heavy atom. The number of nitrogens with zero attached hydrogens (tertiary/aromatic N) is 4. The third-order valence-corrected chi connectivity index (χ3v) is 8.01. The number of imide groups is 1. The van der Waals surface area contributed by atoms with Crippen LogP contribution in [-0.4, -0.2) is 50.7 Å². The fourth-order valence-corrected chi connectivity index (χ4v) is 5.43. The Hall–Kier alpha value is -5.94. The van der Waals surface area contributed by atoms with Crippen LogP contribution >= 0.6 is 0 Å². The molecule has 1 aliphatic rings. The normalized spacial score (nSPS) is 14.4. The van der Waals surface area contributed by atoms with E-state index in [0.717, 1.165) is 45.9 Å². The molecule has 1 fully saturated rings. The molecule has 0 spiro atoms. The second-order valence-corrected chi connectivity index (χ2v) is 11.8. The third-order valence-electron chi connectivity index (χ3n) is 8.01. The van der Waals surface area contributed by atoms with E-state index in [2.05, 4.69) is 41.1 Å². The van der Waals surface area contributed by atoms with Gasteiger partial charge in [0.15, 0.2) is 0 Å². The topological polar surface area (TPSA) is 141 Å². The van der Waals surface area contributed by atoms with Crippen LogP contribution in [0, 0.1) is 6.92 Å². The number of hydrogen-bond donors (Lipinski definition) is 4. The summed E-state index contributed by atoms with van der Waals surface area (Å²) in [6.45, 7) is 3.41. The van der Waals surface area contributed by atoms with E-state index in [-0.39, 0.29) is 17.7 Å². The fourth-order valence-electron chi connectivity index (χ4n) is 5.43. The van der Waals surface area contributed by atoms with E-state index < -0.39 is 6.04 Å². The van der Waals surface area contributed by atoms with Crippen LogP contribution in [0.1, 0.15) is 39.9 Å². The van der Waals surface area contributed by atoms with E-state index in [1.807, 2.05) is 98.9 Å². The first-order valence-electron chi connectivity index (χ1n) is 15.7. The summed E-state index contributed by atoms with van der Waals surface area (Å²) < 4.78 is 0. The summed E-state index contributed by atoms with van der Waals surface area (Å²) >= 11 is 0. The molecule has 48 heavy (non-hydrogen) atoms. The number of rotatable bonds is 11. The molecule has 3 heterocycles. The van der Waals surface area contributed by atoms with Gasteiger partial charge in [0, 0.05) is 66.3 Å². The van der Waals surface area contributed by atoms with Gasteiger partial charge in [-0.2, -0.15) is 0 Å². The third kappa shape index (κ3) is 8.25. The molecule has 0 bridgehead atoms. The predicted molar refractivity (Wildman–Crippen MR) is 186 cm³/mol. The lowest BCUT2D eigenvalue weighted by molar-refractivity contribution is -0.133. The van der Waals surface area contributed by atoms with Crippen molar-refractivity contribution >= 4 is 40.7 Å². The van der Waals surface area contributed by atoms with Gasteiger partial charge in [0.05, 0.1) is 5.69 Å². The highest BCUT2D eigenvalue weighted by molar-refractivity contribution is 6.04. The number of piperidine rings is 1. The molecule has 11 heteroatoms. The molecule has 1 unspecified atom stereocenters. The van der Waals surface area contributed by atoms with Crippen LogP contribution in [-0.2, 0) is 22.7 Å². The molecule has 1 saturated heterocycles. The van der Waals surface area contributed by atoms with Gasteiger partial charge in [-0.1, -0.05) is 30.3 Å². The van der Waals surface area contributed by atoms with Gasteiger partial charge in [-0.25, -0.2) is 9.97 Å². The van der Waals surface area contributed by atoms with Crippen LogP contribution in [0.5, 0.6) is 0 Å². The average molecular weight is 641 g/mol. The molecule has 6 rings (SSSR count). The molecule has 3 amide bonds. The molecule has 4 N–H and O–H groups in total. The summed E-state index contributed by atoms with van der Waals surface area (Å²) in [5.41, 5.74) is 7.68. The van der Waals surface area contributed by atoms with Crippen molar-refractivity contribution in [1.82, 2.24) is 25.2 Å². The maximum atomic E-state index is 13.1. The van der Waals surface area contributed by atoms with Crippen molar-refractivity contribution in [3.8, 4) is 11.3 Å². The number of aromatic nitrogens is 3. The zero-order chi connectivity index (χ0) is 33.5. The van der Waals surface area contributed by atoms with Gasteiger partial charge in [0.25, 0.3) is 5.91 Å². The fraction of sp³-hybridized carbons (Fsp3) is 0.189. The highest BCUT2D eigenvalue weighted by Crippen LogP contribution is 2.25. The summed E-state index contributed by atoms with van der Waals surface area (Å²) in [4.78, 5) is 51.9. The Bertz CT molecular complexity index is 1910. The van der Waals surface area contributed by atoms with Gasteiger partial charge in [0.1, 0.15) is 6.04 Å². The van der Waals surface area contributed by atoms with Crippen LogP contribution in [0.4, 0.5) is 23.0 Å². The zero-order valence-electron chi connectivity index (χ0n) is 26.7. The Kier molecular flexibility index (Phi) is 9.77. The predicted octanol–water partition coefficient (Wildman–Crippen LogP) is 5.69.